The maximum atomic E-state index is 12.6. The molecule has 1 aliphatic heterocycles. The average Bonchev–Trinajstić information content (AvgIpc) is 2.90. The zero-order valence-corrected chi connectivity index (χ0v) is 10.8. The Morgan fingerprint density at radius 3 is 2.95 bits per heavy atom. The van der Waals surface area contributed by atoms with Gasteiger partial charge < -0.3 is 20.4 Å². The number of piperazine rings is 1. The van der Waals surface area contributed by atoms with E-state index in [9.17, 15) is 9.59 Å². The molecule has 3 rings (SSSR count). The van der Waals surface area contributed by atoms with Crippen LogP contribution in [0, 0.1) is 0 Å². The second-order valence-corrected chi connectivity index (χ2v) is 4.77. The van der Waals surface area contributed by atoms with Crippen LogP contribution in [0.4, 0.5) is 0 Å². The first-order chi connectivity index (χ1) is 9.68. The molecule has 0 radical (unpaired) electrons. The molecule has 1 aromatic heterocycles. The molecule has 0 aliphatic carbocycles. The molecule has 1 unspecified atom stereocenters. The van der Waals surface area contributed by atoms with Crippen molar-refractivity contribution in [2.45, 2.75) is 6.04 Å². The van der Waals surface area contributed by atoms with Gasteiger partial charge in [-0.25, -0.2) is 0 Å². The highest BCUT2D eigenvalue weighted by molar-refractivity contribution is 6.07. The van der Waals surface area contributed by atoms with Crippen molar-refractivity contribution in [3.8, 4) is 0 Å². The van der Waals surface area contributed by atoms with Crippen molar-refractivity contribution in [2.24, 2.45) is 5.73 Å². The van der Waals surface area contributed by atoms with Crippen LogP contribution in [0.25, 0.3) is 11.0 Å². The molecule has 1 aliphatic rings. The smallest absolute Gasteiger partial charge is 0.258 e. The number of furan rings is 1. The SMILES string of the molecule is NC(=O)C1CNCCN1C(=O)c1coc2ccccc12. The number of hydrogen-bond acceptors (Lipinski definition) is 4. The number of nitrogens with two attached hydrogens (primary N) is 1. The number of amides is 2. The van der Waals surface area contributed by atoms with Gasteiger partial charge in [0.2, 0.25) is 5.91 Å². The Morgan fingerprint density at radius 2 is 2.15 bits per heavy atom. The molecular formula is C14H15N3O3. The van der Waals surface area contributed by atoms with Crippen LogP contribution in [0.5, 0.6) is 0 Å². The van der Waals surface area contributed by atoms with E-state index < -0.39 is 11.9 Å². The Hall–Kier alpha value is -2.34. The van der Waals surface area contributed by atoms with Crippen molar-refractivity contribution in [3.05, 3.63) is 36.1 Å². The molecule has 1 atom stereocenters. The quantitative estimate of drug-likeness (QED) is 0.825. The van der Waals surface area contributed by atoms with Crippen molar-refractivity contribution in [1.82, 2.24) is 10.2 Å². The van der Waals surface area contributed by atoms with E-state index in [2.05, 4.69) is 5.32 Å². The third-order valence-electron chi connectivity index (χ3n) is 3.54. The number of benzene rings is 1. The van der Waals surface area contributed by atoms with Crippen LogP contribution in [0.15, 0.2) is 34.9 Å². The molecule has 104 valence electrons. The monoisotopic (exact) mass is 273 g/mol. The minimum absolute atomic E-state index is 0.222. The molecule has 2 aromatic rings. The van der Waals surface area contributed by atoms with Gasteiger partial charge in [-0.05, 0) is 6.07 Å². The topological polar surface area (TPSA) is 88.6 Å². The zero-order valence-electron chi connectivity index (χ0n) is 10.8. The lowest BCUT2D eigenvalue weighted by atomic mass is 10.1. The van der Waals surface area contributed by atoms with Gasteiger partial charge in [-0.15, -0.1) is 0 Å². The van der Waals surface area contributed by atoms with Crippen LogP contribution in [0.3, 0.4) is 0 Å². The molecule has 20 heavy (non-hydrogen) atoms. The van der Waals surface area contributed by atoms with Crippen molar-refractivity contribution in [2.75, 3.05) is 19.6 Å². The summed E-state index contributed by atoms with van der Waals surface area (Å²) in [6.45, 7) is 1.48. The summed E-state index contributed by atoms with van der Waals surface area (Å²) in [5, 5.41) is 3.81. The first-order valence-corrected chi connectivity index (χ1v) is 6.45. The van der Waals surface area contributed by atoms with Gasteiger partial charge in [0.25, 0.3) is 5.91 Å². The van der Waals surface area contributed by atoms with Gasteiger partial charge >= 0.3 is 0 Å². The Kier molecular flexibility index (Phi) is 3.15. The van der Waals surface area contributed by atoms with E-state index in [-0.39, 0.29) is 5.91 Å². The number of rotatable bonds is 2. The van der Waals surface area contributed by atoms with Gasteiger partial charge in [-0.2, -0.15) is 0 Å². The molecule has 0 bridgehead atoms. The maximum absolute atomic E-state index is 12.6. The van der Waals surface area contributed by atoms with Crippen molar-refractivity contribution >= 4 is 22.8 Å². The number of carbonyl (C=O) groups excluding carboxylic acids is 2. The van der Waals surface area contributed by atoms with E-state index in [4.69, 9.17) is 10.2 Å². The Bertz CT molecular complexity index is 664. The summed E-state index contributed by atoms with van der Waals surface area (Å²) in [5.41, 5.74) is 6.49. The second-order valence-electron chi connectivity index (χ2n) is 4.77. The molecule has 2 heterocycles. The first-order valence-electron chi connectivity index (χ1n) is 6.45. The highest BCUT2D eigenvalue weighted by atomic mass is 16.3. The third-order valence-corrected chi connectivity index (χ3v) is 3.54. The highest BCUT2D eigenvalue weighted by Crippen LogP contribution is 2.23. The van der Waals surface area contributed by atoms with E-state index >= 15 is 0 Å². The highest BCUT2D eigenvalue weighted by Gasteiger charge is 2.32. The van der Waals surface area contributed by atoms with E-state index in [1.165, 1.54) is 11.2 Å². The van der Waals surface area contributed by atoms with Crippen LogP contribution in [-0.2, 0) is 4.79 Å². The van der Waals surface area contributed by atoms with E-state index in [0.717, 1.165) is 5.39 Å². The van der Waals surface area contributed by atoms with E-state index in [1.807, 2.05) is 18.2 Å². The minimum Gasteiger partial charge on any atom is -0.463 e. The van der Waals surface area contributed by atoms with E-state index in [1.54, 1.807) is 6.07 Å². The Balaban J connectivity index is 1.96. The molecule has 0 saturated carbocycles. The molecule has 1 saturated heterocycles. The van der Waals surface area contributed by atoms with Gasteiger partial charge in [-0.3, -0.25) is 9.59 Å². The number of carbonyl (C=O) groups is 2. The average molecular weight is 273 g/mol. The molecule has 1 fully saturated rings. The largest absolute Gasteiger partial charge is 0.463 e. The zero-order chi connectivity index (χ0) is 14.1. The Labute approximate surface area is 115 Å². The molecule has 6 nitrogen and oxygen atoms in total. The summed E-state index contributed by atoms with van der Waals surface area (Å²) in [7, 11) is 0. The van der Waals surface area contributed by atoms with Crippen LogP contribution in [-0.4, -0.2) is 42.4 Å². The van der Waals surface area contributed by atoms with Crippen molar-refractivity contribution < 1.29 is 14.0 Å². The summed E-state index contributed by atoms with van der Waals surface area (Å²) in [6.07, 6.45) is 1.44. The lowest BCUT2D eigenvalue weighted by Gasteiger charge is -2.33. The predicted octanol–water partition coefficient (Wildman–Crippen LogP) is 0.332. The fourth-order valence-corrected chi connectivity index (χ4v) is 2.50. The van der Waals surface area contributed by atoms with Crippen LogP contribution >= 0.6 is 0 Å². The summed E-state index contributed by atoms with van der Waals surface area (Å²) >= 11 is 0. The number of para-hydroxylation sites is 1. The predicted molar refractivity (Wildman–Crippen MR) is 73.1 cm³/mol. The summed E-state index contributed by atoms with van der Waals surface area (Å²) in [6, 6.07) is 6.70. The van der Waals surface area contributed by atoms with Gasteiger partial charge in [0.15, 0.2) is 0 Å². The molecule has 1 aromatic carbocycles. The fraction of sp³-hybridized carbons (Fsp3) is 0.286. The number of hydrogen-bond donors (Lipinski definition) is 2. The molecule has 0 spiro atoms. The number of fused-ring (bicyclic) bond motifs is 1. The van der Waals surface area contributed by atoms with Gasteiger partial charge in [-0.1, -0.05) is 18.2 Å². The van der Waals surface area contributed by atoms with Gasteiger partial charge in [0.1, 0.15) is 17.9 Å². The number of nitrogens with zero attached hydrogens (tertiary/aromatic N) is 1. The number of nitrogens with one attached hydrogen (secondary N) is 1. The van der Waals surface area contributed by atoms with Crippen LogP contribution < -0.4 is 11.1 Å². The lowest BCUT2D eigenvalue weighted by Crippen LogP contribution is -2.58. The normalized spacial score (nSPS) is 19.2. The maximum Gasteiger partial charge on any atom is 0.258 e. The van der Waals surface area contributed by atoms with Crippen molar-refractivity contribution in [3.63, 3.8) is 0 Å². The lowest BCUT2D eigenvalue weighted by molar-refractivity contribution is -0.122. The van der Waals surface area contributed by atoms with Gasteiger partial charge in [0.05, 0.1) is 5.56 Å². The second kappa shape index (κ2) is 4.97. The minimum atomic E-state index is -0.620. The van der Waals surface area contributed by atoms with Crippen LogP contribution in [0.2, 0.25) is 0 Å². The third kappa shape index (κ3) is 2.04. The van der Waals surface area contributed by atoms with E-state index in [0.29, 0.717) is 30.8 Å². The Morgan fingerprint density at radius 1 is 1.35 bits per heavy atom. The summed E-state index contributed by atoms with van der Waals surface area (Å²) < 4.78 is 5.38. The van der Waals surface area contributed by atoms with Crippen molar-refractivity contribution in [1.29, 1.82) is 0 Å². The summed E-state index contributed by atoms with van der Waals surface area (Å²) in [5.74, 6) is -0.724. The first kappa shape index (κ1) is 12.7. The fourth-order valence-electron chi connectivity index (χ4n) is 2.50. The summed E-state index contributed by atoms with van der Waals surface area (Å²) in [4.78, 5) is 25.6. The molecular weight excluding hydrogens is 258 g/mol. The molecule has 2 amide bonds. The standard InChI is InChI=1S/C14H15N3O3/c15-13(18)11-7-16-5-6-17(11)14(19)10-8-20-12-4-2-1-3-9(10)12/h1-4,8,11,16H,5-7H2,(H2,15,18). The van der Waals surface area contributed by atoms with Gasteiger partial charge in [0, 0.05) is 25.0 Å². The van der Waals surface area contributed by atoms with Crippen LogP contribution in [0.1, 0.15) is 10.4 Å². The number of primary amides is 1. The molecule has 3 N–H and O–H groups in total. The molecule has 6 heteroatoms.